The first-order chi connectivity index (χ1) is 11.4. The van der Waals surface area contributed by atoms with E-state index in [1.165, 1.54) is 7.11 Å². The van der Waals surface area contributed by atoms with Crippen molar-refractivity contribution in [2.45, 2.75) is 33.9 Å². The van der Waals surface area contributed by atoms with Gasteiger partial charge in [0.2, 0.25) is 5.89 Å². The highest BCUT2D eigenvalue weighted by Crippen LogP contribution is 2.15. The van der Waals surface area contributed by atoms with E-state index in [1.54, 1.807) is 20.0 Å². The Bertz CT molecular complexity index is 732. The fraction of sp³-hybridized carbons (Fsp3) is 0.438. The number of oxazole rings is 1. The molecule has 0 aliphatic heterocycles. The third kappa shape index (κ3) is 5.48. The number of halogens is 1. The number of methoxy groups -OCH3 is 1. The van der Waals surface area contributed by atoms with Gasteiger partial charge in [0.15, 0.2) is 5.96 Å². The first-order valence-corrected chi connectivity index (χ1v) is 7.49. The van der Waals surface area contributed by atoms with E-state index in [2.05, 4.69) is 20.6 Å². The Morgan fingerprint density at radius 2 is 1.88 bits per heavy atom. The first kappa shape index (κ1) is 21.0. The van der Waals surface area contributed by atoms with Crippen LogP contribution in [0.5, 0.6) is 0 Å². The lowest BCUT2D eigenvalue weighted by molar-refractivity contribution is 0.0599. The summed E-state index contributed by atoms with van der Waals surface area (Å²) in [6, 6.07) is 1.66. The molecule has 0 atom stereocenters. The van der Waals surface area contributed by atoms with Crippen LogP contribution in [0.1, 0.15) is 39.2 Å². The van der Waals surface area contributed by atoms with Crippen molar-refractivity contribution >= 4 is 35.9 Å². The van der Waals surface area contributed by atoms with Gasteiger partial charge in [-0.1, -0.05) is 0 Å². The van der Waals surface area contributed by atoms with Crippen LogP contribution in [0.15, 0.2) is 19.9 Å². The molecule has 0 bridgehead atoms. The summed E-state index contributed by atoms with van der Waals surface area (Å²) in [7, 11) is 3.00. The molecule has 2 aromatic heterocycles. The molecule has 2 aromatic rings. The van der Waals surface area contributed by atoms with Gasteiger partial charge in [-0.3, -0.25) is 4.99 Å². The molecule has 2 heterocycles. The molecule has 0 aliphatic rings. The highest BCUT2D eigenvalue weighted by atomic mass is 127. The molecule has 25 heavy (non-hydrogen) atoms. The Morgan fingerprint density at radius 1 is 1.20 bits per heavy atom. The van der Waals surface area contributed by atoms with Crippen LogP contribution in [-0.2, 0) is 17.8 Å². The number of carbonyl (C=O) groups is 1. The molecule has 138 valence electrons. The monoisotopic (exact) mass is 462 g/mol. The van der Waals surface area contributed by atoms with Crippen molar-refractivity contribution in [2.75, 3.05) is 14.2 Å². The largest absolute Gasteiger partial charge is 0.465 e. The normalized spacial score (nSPS) is 11.0. The van der Waals surface area contributed by atoms with Crippen LogP contribution in [0, 0.1) is 20.8 Å². The van der Waals surface area contributed by atoms with E-state index in [1.807, 2.05) is 13.8 Å². The summed E-state index contributed by atoms with van der Waals surface area (Å²) in [5, 5.41) is 6.20. The molecule has 0 unspecified atom stereocenters. The molecule has 0 fully saturated rings. The molecule has 8 nitrogen and oxygen atoms in total. The zero-order valence-electron chi connectivity index (χ0n) is 14.9. The predicted molar refractivity (Wildman–Crippen MR) is 103 cm³/mol. The second-order valence-corrected chi connectivity index (χ2v) is 5.20. The standard InChI is InChI=1S/C16H22N4O4.HI/c1-9-10(2)24-14(20-9)8-19-16(17-4)18-7-12-6-13(11(3)23-12)15(21)22-5;/h6H,7-8H2,1-5H3,(H2,17,18,19);1H. The maximum atomic E-state index is 11.6. The van der Waals surface area contributed by atoms with E-state index in [0.717, 1.165) is 11.5 Å². The van der Waals surface area contributed by atoms with E-state index in [4.69, 9.17) is 13.6 Å². The molecule has 2 N–H and O–H groups in total. The first-order valence-electron chi connectivity index (χ1n) is 7.49. The van der Waals surface area contributed by atoms with Gasteiger partial charge in [-0.05, 0) is 26.8 Å². The van der Waals surface area contributed by atoms with Crippen LogP contribution in [-0.4, -0.2) is 31.1 Å². The SMILES string of the molecule is CN=C(NCc1cc(C(=O)OC)c(C)o1)NCc1nc(C)c(C)o1.I. The molecule has 0 amide bonds. The van der Waals surface area contributed by atoms with Crippen LogP contribution in [0.3, 0.4) is 0 Å². The highest BCUT2D eigenvalue weighted by Gasteiger charge is 2.15. The fourth-order valence-electron chi connectivity index (χ4n) is 2.11. The number of aliphatic imine (C=N–C) groups is 1. The van der Waals surface area contributed by atoms with Crippen LogP contribution < -0.4 is 10.6 Å². The zero-order chi connectivity index (χ0) is 17.7. The molecule has 0 radical (unpaired) electrons. The Labute approximate surface area is 163 Å². The lowest BCUT2D eigenvalue weighted by Gasteiger charge is -2.09. The van der Waals surface area contributed by atoms with E-state index in [-0.39, 0.29) is 24.0 Å². The number of nitrogens with one attached hydrogen (secondary N) is 2. The third-order valence-corrected chi connectivity index (χ3v) is 3.51. The molecule has 0 spiro atoms. The van der Waals surface area contributed by atoms with Gasteiger partial charge < -0.3 is 24.2 Å². The number of furan rings is 1. The quantitative estimate of drug-likeness (QED) is 0.305. The van der Waals surface area contributed by atoms with E-state index in [0.29, 0.717) is 42.0 Å². The number of aryl methyl sites for hydroxylation is 3. The highest BCUT2D eigenvalue weighted by molar-refractivity contribution is 14.0. The predicted octanol–water partition coefficient (Wildman–Crippen LogP) is 2.46. The van der Waals surface area contributed by atoms with Crippen molar-refractivity contribution in [3.05, 3.63) is 40.5 Å². The summed E-state index contributed by atoms with van der Waals surface area (Å²) in [6.45, 7) is 6.28. The summed E-state index contributed by atoms with van der Waals surface area (Å²) in [5.74, 6) is 2.67. The van der Waals surface area contributed by atoms with Crippen LogP contribution in [0.2, 0.25) is 0 Å². The van der Waals surface area contributed by atoms with Crippen molar-refractivity contribution < 1.29 is 18.4 Å². The maximum absolute atomic E-state index is 11.6. The van der Waals surface area contributed by atoms with Crippen molar-refractivity contribution in [1.29, 1.82) is 0 Å². The number of rotatable bonds is 5. The Hall–Kier alpha value is -2.04. The second-order valence-electron chi connectivity index (χ2n) is 5.20. The van der Waals surface area contributed by atoms with Gasteiger partial charge in [-0.2, -0.15) is 0 Å². The molecular weight excluding hydrogens is 439 g/mol. The molecule has 0 aromatic carbocycles. The Morgan fingerprint density at radius 3 is 2.44 bits per heavy atom. The molecular formula is C16H23IN4O4. The summed E-state index contributed by atoms with van der Waals surface area (Å²) < 4.78 is 15.7. The van der Waals surface area contributed by atoms with Crippen molar-refractivity contribution in [3.8, 4) is 0 Å². The van der Waals surface area contributed by atoms with Gasteiger partial charge in [0.05, 0.1) is 25.9 Å². The van der Waals surface area contributed by atoms with E-state index >= 15 is 0 Å². The van der Waals surface area contributed by atoms with Gasteiger partial charge in [-0.15, -0.1) is 24.0 Å². The minimum absolute atomic E-state index is 0. The number of hydrogen-bond donors (Lipinski definition) is 2. The lowest BCUT2D eigenvalue weighted by Crippen LogP contribution is -2.36. The van der Waals surface area contributed by atoms with Crippen molar-refractivity contribution in [1.82, 2.24) is 15.6 Å². The van der Waals surface area contributed by atoms with E-state index in [9.17, 15) is 4.79 Å². The van der Waals surface area contributed by atoms with Gasteiger partial charge in [0.1, 0.15) is 22.8 Å². The van der Waals surface area contributed by atoms with Crippen molar-refractivity contribution in [2.24, 2.45) is 4.99 Å². The Balaban J connectivity index is 0.00000312. The summed E-state index contributed by atoms with van der Waals surface area (Å²) in [6.07, 6.45) is 0. The number of guanidine groups is 1. The number of nitrogens with zero attached hydrogens (tertiary/aromatic N) is 2. The summed E-state index contributed by atoms with van der Waals surface area (Å²) in [5.41, 5.74) is 1.29. The Kier molecular flexibility index (Phi) is 7.94. The average molecular weight is 462 g/mol. The van der Waals surface area contributed by atoms with Gasteiger partial charge in [-0.25, -0.2) is 9.78 Å². The molecule has 9 heteroatoms. The number of carbonyl (C=O) groups excluding carboxylic acids is 1. The minimum Gasteiger partial charge on any atom is -0.465 e. The number of esters is 1. The average Bonchev–Trinajstić information content (AvgIpc) is 3.09. The van der Waals surface area contributed by atoms with Crippen LogP contribution in [0.25, 0.3) is 0 Å². The molecule has 0 aliphatic carbocycles. The number of ether oxygens (including phenoxy) is 1. The molecule has 0 saturated carbocycles. The number of aromatic nitrogens is 1. The van der Waals surface area contributed by atoms with Crippen LogP contribution >= 0.6 is 24.0 Å². The third-order valence-electron chi connectivity index (χ3n) is 3.51. The van der Waals surface area contributed by atoms with Gasteiger partial charge in [0, 0.05) is 7.05 Å². The minimum atomic E-state index is -0.417. The topological polar surface area (TPSA) is 102 Å². The van der Waals surface area contributed by atoms with Gasteiger partial charge >= 0.3 is 5.97 Å². The number of hydrogen-bond acceptors (Lipinski definition) is 6. The smallest absolute Gasteiger partial charge is 0.341 e. The van der Waals surface area contributed by atoms with E-state index < -0.39 is 5.97 Å². The fourth-order valence-corrected chi connectivity index (χ4v) is 2.11. The molecule has 0 saturated heterocycles. The van der Waals surface area contributed by atoms with Crippen LogP contribution in [0.4, 0.5) is 0 Å². The van der Waals surface area contributed by atoms with Crippen molar-refractivity contribution in [3.63, 3.8) is 0 Å². The summed E-state index contributed by atoms with van der Waals surface area (Å²) in [4.78, 5) is 20.0. The zero-order valence-corrected chi connectivity index (χ0v) is 17.3. The second kappa shape index (κ2) is 9.44. The summed E-state index contributed by atoms with van der Waals surface area (Å²) >= 11 is 0. The molecule has 2 rings (SSSR count). The maximum Gasteiger partial charge on any atom is 0.341 e. The van der Waals surface area contributed by atoms with Gasteiger partial charge in [0.25, 0.3) is 0 Å². The lowest BCUT2D eigenvalue weighted by atomic mass is 10.2.